The molecule has 0 saturated carbocycles. The van der Waals surface area contributed by atoms with Crippen LogP contribution in [0, 0.1) is 13.8 Å². The Balaban J connectivity index is 1.94. The second kappa shape index (κ2) is 8.19. The molecule has 2 aromatic carbocycles. The average Bonchev–Trinajstić information content (AvgIpc) is 3.06. The lowest BCUT2D eigenvalue weighted by atomic mass is 9.95. The summed E-state index contributed by atoms with van der Waals surface area (Å²) in [5, 5.41) is 11.2. The van der Waals surface area contributed by atoms with E-state index in [2.05, 4.69) is 11.9 Å². The number of nitrogens with zero attached hydrogens (tertiary/aromatic N) is 2. The van der Waals surface area contributed by atoms with Crippen molar-refractivity contribution in [2.75, 3.05) is 4.90 Å². The highest BCUT2D eigenvalue weighted by Gasteiger charge is 2.47. The van der Waals surface area contributed by atoms with Crippen molar-refractivity contribution in [2.45, 2.75) is 33.2 Å². The molecule has 1 aliphatic heterocycles. The second-order valence-electron chi connectivity index (χ2n) is 7.76. The molecule has 0 radical (unpaired) electrons. The van der Waals surface area contributed by atoms with E-state index in [0.29, 0.717) is 16.9 Å². The molecule has 3 aromatic rings. The normalized spacial score (nSPS) is 17.9. The highest BCUT2D eigenvalue weighted by atomic mass is 16.3. The van der Waals surface area contributed by atoms with Crippen molar-refractivity contribution < 1.29 is 14.7 Å². The van der Waals surface area contributed by atoms with E-state index in [1.165, 1.54) is 4.90 Å². The zero-order valence-corrected chi connectivity index (χ0v) is 17.8. The van der Waals surface area contributed by atoms with Gasteiger partial charge in [0, 0.05) is 17.4 Å². The van der Waals surface area contributed by atoms with Crippen molar-refractivity contribution in [1.29, 1.82) is 0 Å². The smallest absolute Gasteiger partial charge is 0.300 e. The van der Waals surface area contributed by atoms with E-state index in [4.69, 9.17) is 0 Å². The van der Waals surface area contributed by atoms with Crippen molar-refractivity contribution >= 4 is 23.1 Å². The van der Waals surface area contributed by atoms with E-state index in [9.17, 15) is 14.7 Å². The van der Waals surface area contributed by atoms with Gasteiger partial charge in [0.25, 0.3) is 11.7 Å². The molecule has 1 saturated heterocycles. The first kappa shape index (κ1) is 20.5. The van der Waals surface area contributed by atoms with Crippen LogP contribution in [0.4, 0.5) is 5.69 Å². The van der Waals surface area contributed by atoms with E-state index in [1.807, 2.05) is 56.3 Å². The summed E-state index contributed by atoms with van der Waals surface area (Å²) < 4.78 is 0. The maximum Gasteiger partial charge on any atom is 0.300 e. The topological polar surface area (TPSA) is 70.5 Å². The number of aliphatic hydroxyl groups excluding tert-OH is 1. The Labute approximate surface area is 181 Å². The number of anilines is 1. The number of amides is 1. The van der Waals surface area contributed by atoms with Gasteiger partial charge in [-0.1, -0.05) is 42.8 Å². The summed E-state index contributed by atoms with van der Waals surface area (Å²) in [5.74, 6) is -1.57. The van der Waals surface area contributed by atoms with Gasteiger partial charge in [-0.15, -0.1) is 0 Å². The van der Waals surface area contributed by atoms with Gasteiger partial charge in [-0.25, -0.2) is 0 Å². The van der Waals surface area contributed by atoms with Crippen LogP contribution in [0.15, 0.2) is 72.4 Å². The lowest BCUT2D eigenvalue weighted by Crippen LogP contribution is -2.29. The van der Waals surface area contributed by atoms with Crippen LogP contribution in [-0.2, 0) is 16.0 Å². The van der Waals surface area contributed by atoms with Crippen LogP contribution in [0.25, 0.3) is 5.76 Å². The number of pyridine rings is 1. The van der Waals surface area contributed by atoms with Gasteiger partial charge < -0.3 is 5.11 Å². The molecule has 1 aromatic heterocycles. The third-order valence-electron chi connectivity index (χ3n) is 5.68. The molecule has 156 valence electrons. The molecule has 0 bridgehead atoms. The van der Waals surface area contributed by atoms with Crippen LogP contribution in [0.2, 0.25) is 0 Å². The Hall–Kier alpha value is -3.73. The lowest BCUT2D eigenvalue weighted by Gasteiger charge is -2.25. The summed E-state index contributed by atoms with van der Waals surface area (Å²) in [5.41, 5.74) is 4.61. The molecule has 1 amide bonds. The van der Waals surface area contributed by atoms with Crippen LogP contribution >= 0.6 is 0 Å². The summed E-state index contributed by atoms with van der Waals surface area (Å²) in [6.45, 7) is 5.84. The van der Waals surface area contributed by atoms with Crippen molar-refractivity contribution in [3.05, 3.63) is 100 Å². The van der Waals surface area contributed by atoms with Gasteiger partial charge in [0.2, 0.25) is 0 Å². The summed E-state index contributed by atoms with van der Waals surface area (Å²) in [6, 6.07) is 17.7. The SMILES string of the molecule is CCc1ccc(N2C(=O)C(=O)/C(=C(/O)c3cc(C)ccc3C)C2c2ccccn2)cc1. The standard InChI is InChI=1S/C26H24N2O3/c1-4-18-10-12-19(13-11-18)28-23(21-7-5-6-14-27-21)22(25(30)26(28)31)24(29)20-15-16(2)8-9-17(20)3/h5-15,23,29H,4H2,1-3H3/b24-22+. The Morgan fingerprint density at radius 1 is 1.03 bits per heavy atom. The van der Waals surface area contributed by atoms with Gasteiger partial charge in [-0.3, -0.25) is 19.5 Å². The Morgan fingerprint density at radius 3 is 2.42 bits per heavy atom. The minimum atomic E-state index is -0.811. The van der Waals surface area contributed by atoms with Gasteiger partial charge >= 0.3 is 0 Å². The number of hydrogen-bond acceptors (Lipinski definition) is 4. The number of benzene rings is 2. The van der Waals surface area contributed by atoms with Crippen molar-refractivity contribution in [3.63, 3.8) is 0 Å². The molecule has 1 unspecified atom stereocenters. The second-order valence-corrected chi connectivity index (χ2v) is 7.76. The van der Waals surface area contributed by atoms with E-state index in [1.54, 1.807) is 24.4 Å². The fraction of sp³-hybridized carbons (Fsp3) is 0.192. The molecule has 1 N–H and O–H groups in total. The number of Topliss-reactive ketones (excluding diaryl/α,β-unsaturated/α-hetero) is 1. The number of rotatable bonds is 4. The molecule has 4 rings (SSSR count). The van der Waals surface area contributed by atoms with Crippen LogP contribution < -0.4 is 4.90 Å². The van der Waals surface area contributed by atoms with Crippen LogP contribution in [-0.4, -0.2) is 21.8 Å². The first-order chi connectivity index (χ1) is 14.9. The molecular weight excluding hydrogens is 388 g/mol. The lowest BCUT2D eigenvalue weighted by molar-refractivity contribution is -0.132. The molecular formula is C26H24N2O3. The molecule has 0 spiro atoms. The molecule has 0 aliphatic carbocycles. The zero-order valence-electron chi connectivity index (χ0n) is 17.8. The Bertz CT molecular complexity index is 1180. The van der Waals surface area contributed by atoms with Gasteiger partial charge in [-0.05, 0) is 61.7 Å². The van der Waals surface area contributed by atoms with Gasteiger partial charge in [-0.2, -0.15) is 0 Å². The molecule has 2 heterocycles. The number of carbonyl (C=O) groups is 2. The summed E-state index contributed by atoms with van der Waals surface area (Å²) in [4.78, 5) is 32.2. The third-order valence-corrected chi connectivity index (χ3v) is 5.68. The Kier molecular flexibility index (Phi) is 5.42. The molecule has 31 heavy (non-hydrogen) atoms. The zero-order chi connectivity index (χ0) is 22.1. The molecule has 5 heteroatoms. The fourth-order valence-electron chi connectivity index (χ4n) is 3.94. The number of aromatic nitrogens is 1. The molecule has 1 fully saturated rings. The monoisotopic (exact) mass is 412 g/mol. The Morgan fingerprint density at radius 2 is 1.77 bits per heavy atom. The minimum Gasteiger partial charge on any atom is -0.507 e. The highest BCUT2D eigenvalue weighted by molar-refractivity contribution is 6.51. The number of carbonyl (C=O) groups excluding carboxylic acids is 2. The number of aryl methyl sites for hydroxylation is 3. The first-order valence-electron chi connectivity index (χ1n) is 10.3. The van der Waals surface area contributed by atoms with E-state index in [0.717, 1.165) is 23.1 Å². The first-order valence-corrected chi connectivity index (χ1v) is 10.3. The predicted octanol–water partition coefficient (Wildman–Crippen LogP) is 4.89. The van der Waals surface area contributed by atoms with Gasteiger partial charge in [0.05, 0.1) is 11.3 Å². The quantitative estimate of drug-likeness (QED) is 0.376. The maximum absolute atomic E-state index is 13.2. The fourth-order valence-corrected chi connectivity index (χ4v) is 3.94. The van der Waals surface area contributed by atoms with Crippen LogP contribution in [0.5, 0.6) is 0 Å². The summed E-state index contributed by atoms with van der Waals surface area (Å²) >= 11 is 0. The maximum atomic E-state index is 13.2. The van der Waals surface area contributed by atoms with Crippen LogP contribution in [0.1, 0.15) is 40.9 Å². The van der Waals surface area contributed by atoms with E-state index < -0.39 is 17.7 Å². The van der Waals surface area contributed by atoms with Gasteiger partial charge in [0.15, 0.2) is 0 Å². The number of hydrogen-bond donors (Lipinski definition) is 1. The van der Waals surface area contributed by atoms with Crippen molar-refractivity contribution in [2.24, 2.45) is 0 Å². The number of ketones is 1. The van der Waals surface area contributed by atoms with Crippen LogP contribution in [0.3, 0.4) is 0 Å². The van der Waals surface area contributed by atoms with Crippen molar-refractivity contribution in [3.8, 4) is 0 Å². The predicted molar refractivity (Wildman–Crippen MR) is 121 cm³/mol. The largest absolute Gasteiger partial charge is 0.507 e. The summed E-state index contributed by atoms with van der Waals surface area (Å²) in [6.07, 6.45) is 2.49. The third kappa shape index (κ3) is 3.63. The van der Waals surface area contributed by atoms with Crippen molar-refractivity contribution in [1.82, 2.24) is 4.98 Å². The average molecular weight is 412 g/mol. The molecule has 1 atom stereocenters. The highest BCUT2D eigenvalue weighted by Crippen LogP contribution is 2.41. The number of aliphatic hydroxyl groups is 1. The molecule has 1 aliphatic rings. The molecule has 5 nitrogen and oxygen atoms in total. The summed E-state index contributed by atoms with van der Waals surface area (Å²) in [7, 11) is 0. The van der Waals surface area contributed by atoms with E-state index >= 15 is 0 Å². The van der Waals surface area contributed by atoms with E-state index in [-0.39, 0.29) is 11.3 Å². The minimum absolute atomic E-state index is 0.0527. The van der Waals surface area contributed by atoms with Gasteiger partial charge in [0.1, 0.15) is 11.8 Å².